The number of hydrogen-bond acceptors (Lipinski definition) is 3. The summed E-state index contributed by atoms with van der Waals surface area (Å²) < 4.78 is 0. The Morgan fingerprint density at radius 2 is 2.20 bits per heavy atom. The number of benzene rings is 1. The van der Waals surface area contributed by atoms with Gasteiger partial charge < -0.3 is 10.4 Å². The van der Waals surface area contributed by atoms with Crippen LogP contribution in [0.3, 0.4) is 0 Å². The normalized spacial score (nSPS) is 21.2. The second kappa shape index (κ2) is 4.72. The fourth-order valence-corrected chi connectivity index (χ4v) is 2.91. The highest BCUT2D eigenvalue weighted by atomic mass is 16.4. The highest BCUT2D eigenvalue weighted by Gasteiger charge is 2.30. The lowest BCUT2D eigenvalue weighted by Gasteiger charge is -2.19. The molecule has 1 aromatic carbocycles. The van der Waals surface area contributed by atoms with Gasteiger partial charge in [-0.15, -0.1) is 0 Å². The number of hydrogen-bond donors (Lipinski definition) is 2. The monoisotopic (exact) mass is 269 g/mol. The number of nitrogens with one attached hydrogen (secondary N) is 1. The van der Waals surface area contributed by atoms with Crippen molar-refractivity contribution >= 4 is 11.8 Å². The first-order chi connectivity index (χ1) is 9.59. The molecule has 1 unspecified atom stereocenters. The fourth-order valence-electron chi connectivity index (χ4n) is 2.91. The highest BCUT2D eigenvalue weighted by molar-refractivity contribution is 5.98. The van der Waals surface area contributed by atoms with E-state index in [1.165, 1.54) is 0 Å². The number of Topliss-reactive ketones (excluding diaryl/α,β-unsaturated/α-hetero) is 1. The summed E-state index contributed by atoms with van der Waals surface area (Å²) in [5.74, 6) is -0.780. The third-order valence-corrected chi connectivity index (χ3v) is 4.00. The number of carbonyl (C=O) groups excluding carboxylic acids is 1. The van der Waals surface area contributed by atoms with Crippen LogP contribution in [0.5, 0.6) is 0 Å². The Bertz CT molecular complexity index is 670. The van der Waals surface area contributed by atoms with E-state index in [2.05, 4.69) is 5.32 Å². The molecule has 2 N–H and O–H groups in total. The van der Waals surface area contributed by atoms with Crippen molar-refractivity contribution in [3.8, 4) is 0 Å². The van der Waals surface area contributed by atoms with Crippen molar-refractivity contribution in [1.29, 1.82) is 0 Å². The number of rotatable bonds is 2. The molecule has 0 radical (unpaired) electrons. The van der Waals surface area contributed by atoms with Gasteiger partial charge in [0.25, 0.3) is 0 Å². The van der Waals surface area contributed by atoms with Gasteiger partial charge in [0.15, 0.2) is 5.78 Å². The van der Waals surface area contributed by atoms with Crippen LogP contribution in [0.25, 0.3) is 0 Å². The Hall–Kier alpha value is -2.20. The van der Waals surface area contributed by atoms with Crippen molar-refractivity contribution in [2.45, 2.75) is 25.9 Å². The SMILES string of the molecule is CC1=C(C2NCc3c(C(=O)O)cccc32)C=CCC1=O. The summed E-state index contributed by atoms with van der Waals surface area (Å²) in [6, 6.07) is 5.21. The molecule has 102 valence electrons. The maximum atomic E-state index is 11.8. The summed E-state index contributed by atoms with van der Waals surface area (Å²) in [4.78, 5) is 23.1. The topological polar surface area (TPSA) is 66.4 Å². The maximum Gasteiger partial charge on any atom is 0.336 e. The van der Waals surface area contributed by atoms with Crippen LogP contribution in [0.15, 0.2) is 41.5 Å². The van der Waals surface area contributed by atoms with E-state index in [4.69, 9.17) is 0 Å². The van der Waals surface area contributed by atoms with Crippen LogP contribution < -0.4 is 5.32 Å². The van der Waals surface area contributed by atoms with Crippen molar-refractivity contribution < 1.29 is 14.7 Å². The fraction of sp³-hybridized carbons (Fsp3) is 0.250. The van der Waals surface area contributed by atoms with E-state index < -0.39 is 5.97 Å². The second-order valence-electron chi connectivity index (χ2n) is 5.10. The number of ketones is 1. The molecule has 0 saturated heterocycles. The Labute approximate surface area is 116 Å². The highest BCUT2D eigenvalue weighted by Crippen LogP contribution is 2.36. The second-order valence-corrected chi connectivity index (χ2v) is 5.10. The molecule has 0 amide bonds. The van der Waals surface area contributed by atoms with Crippen LogP contribution >= 0.6 is 0 Å². The average molecular weight is 269 g/mol. The van der Waals surface area contributed by atoms with E-state index in [1.54, 1.807) is 12.1 Å². The third-order valence-electron chi connectivity index (χ3n) is 4.00. The van der Waals surface area contributed by atoms with Gasteiger partial charge in [0.1, 0.15) is 0 Å². The minimum absolute atomic E-state index is 0.0928. The van der Waals surface area contributed by atoms with Crippen molar-refractivity contribution in [1.82, 2.24) is 5.32 Å². The van der Waals surface area contributed by atoms with Gasteiger partial charge in [0.2, 0.25) is 0 Å². The molecule has 4 heteroatoms. The molecule has 1 heterocycles. The van der Waals surface area contributed by atoms with Gasteiger partial charge in [-0.2, -0.15) is 0 Å². The summed E-state index contributed by atoms with van der Waals surface area (Å²) in [5.41, 5.74) is 3.82. The van der Waals surface area contributed by atoms with E-state index in [-0.39, 0.29) is 11.8 Å². The summed E-state index contributed by atoms with van der Waals surface area (Å²) in [5, 5.41) is 12.5. The standard InChI is InChI=1S/C16H15NO3/c1-9-10(4-3-7-14(9)18)15-11-5-2-6-12(16(19)20)13(11)8-17-15/h2-6,15,17H,7-8H2,1H3,(H,19,20). The number of carboxylic acid groups (broad SMARTS) is 1. The molecule has 0 aromatic heterocycles. The van der Waals surface area contributed by atoms with E-state index >= 15 is 0 Å². The lowest BCUT2D eigenvalue weighted by Crippen LogP contribution is -2.18. The Balaban J connectivity index is 2.09. The van der Waals surface area contributed by atoms with Gasteiger partial charge in [0.05, 0.1) is 11.6 Å². The molecule has 2 aliphatic rings. The molecule has 1 aromatic rings. The molecule has 3 rings (SSSR count). The van der Waals surface area contributed by atoms with Crippen LogP contribution in [-0.2, 0) is 11.3 Å². The number of carbonyl (C=O) groups is 2. The van der Waals surface area contributed by atoms with E-state index in [0.717, 1.165) is 22.3 Å². The van der Waals surface area contributed by atoms with Crippen LogP contribution in [-0.4, -0.2) is 16.9 Å². The molecule has 0 fully saturated rings. The zero-order valence-electron chi connectivity index (χ0n) is 11.1. The van der Waals surface area contributed by atoms with Crippen molar-refractivity contribution in [2.24, 2.45) is 0 Å². The molecule has 4 nitrogen and oxygen atoms in total. The molecule has 0 spiro atoms. The summed E-state index contributed by atoms with van der Waals surface area (Å²) in [6.07, 6.45) is 4.28. The minimum Gasteiger partial charge on any atom is -0.478 e. The van der Waals surface area contributed by atoms with Crippen LogP contribution in [0, 0.1) is 0 Å². The smallest absolute Gasteiger partial charge is 0.336 e. The predicted molar refractivity (Wildman–Crippen MR) is 74.4 cm³/mol. The molecule has 20 heavy (non-hydrogen) atoms. The number of allylic oxidation sites excluding steroid dienone is 2. The Kier molecular flexibility index (Phi) is 3.03. The largest absolute Gasteiger partial charge is 0.478 e. The quantitative estimate of drug-likeness (QED) is 0.865. The Morgan fingerprint density at radius 1 is 1.40 bits per heavy atom. The zero-order valence-corrected chi connectivity index (χ0v) is 11.1. The summed E-state index contributed by atoms with van der Waals surface area (Å²) in [7, 11) is 0. The number of carboxylic acids is 1. The molecule has 1 atom stereocenters. The average Bonchev–Trinajstić information content (AvgIpc) is 2.85. The van der Waals surface area contributed by atoms with Gasteiger partial charge in [-0.25, -0.2) is 4.79 Å². The minimum atomic E-state index is -0.912. The van der Waals surface area contributed by atoms with E-state index in [0.29, 0.717) is 18.5 Å². The van der Waals surface area contributed by atoms with Crippen molar-refractivity contribution in [2.75, 3.05) is 0 Å². The van der Waals surface area contributed by atoms with Gasteiger partial charge >= 0.3 is 5.97 Å². The van der Waals surface area contributed by atoms with Crippen molar-refractivity contribution in [3.05, 3.63) is 58.2 Å². The molecule has 1 aliphatic carbocycles. The molecule has 1 aliphatic heterocycles. The van der Waals surface area contributed by atoms with Gasteiger partial charge in [-0.1, -0.05) is 24.3 Å². The first-order valence-corrected chi connectivity index (χ1v) is 6.58. The lowest BCUT2D eigenvalue weighted by atomic mass is 9.88. The first kappa shape index (κ1) is 12.8. The maximum absolute atomic E-state index is 11.8. The molecular weight excluding hydrogens is 254 g/mol. The molecular formula is C16H15NO3. The van der Waals surface area contributed by atoms with Gasteiger partial charge in [-0.05, 0) is 35.3 Å². The molecule has 0 saturated carbocycles. The zero-order chi connectivity index (χ0) is 14.3. The van der Waals surface area contributed by atoms with Gasteiger partial charge in [-0.3, -0.25) is 4.79 Å². The van der Waals surface area contributed by atoms with Crippen molar-refractivity contribution in [3.63, 3.8) is 0 Å². The number of aromatic carboxylic acids is 1. The number of fused-ring (bicyclic) bond motifs is 1. The summed E-state index contributed by atoms with van der Waals surface area (Å²) in [6.45, 7) is 2.35. The summed E-state index contributed by atoms with van der Waals surface area (Å²) >= 11 is 0. The lowest BCUT2D eigenvalue weighted by molar-refractivity contribution is -0.114. The third kappa shape index (κ3) is 1.89. The van der Waals surface area contributed by atoms with Gasteiger partial charge in [0, 0.05) is 13.0 Å². The van der Waals surface area contributed by atoms with Crippen LogP contribution in [0.1, 0.15) is 40.9 Å². The van der Waals surface area contributed by atoms with E-state index in [9.17, 15) is 14.7 Å². The first-order valence-electron chi connectivity index (χ1n) is 6.58. The predicted octanol–water partition coefficient (Wildman–Crippen LogP) is 2.37. The van der Waals surface area contributed by atoms with Crippen LogP contribution in [0.4, 0.5) is 0 Å². The molecule has 0 bridgehead atoms. The van der Waals surface area contributed by atoms with E-state index in [1.807, 2.05) is 25.1 Å². The Morgan fingerprint density at radius 3 is 2.95 bits per heavy atom. The van der Waals surface area contributed by atoms with Crippen LogP contribution in [0.2, 0.25) is 0 Å².